The highest BCUT2D eigenvalue weighted by molar-refractivity contribution is 5.84. The van der Waals surface area contributed by atoms with Gasteiger partial charge in [0.1, 0.15) is 0 Å². The van der Waals surface area contributed by atoms with Crippen molar-refractivity contribution in [3.8, 4) is 6.07 Å². The zero-order chi connectivity index (χ0) is 13.5. The average Bonchev–Trinajstić information content (AvgIpc) is 2.47. The molecular weight excluding hydrogens is 242 g/mol. The Morgan fingerprint density at radius 2 is 2.26 bits per heavy atom. The van der Waals surface area contributed by atoms with Crippen LogP contribution in [0.15, 0.2) is 24.3 Å². The number of nitriles is 1. The number of carbonyl (C=O) groups excluding carboxylic acids is 1. The molecule has 1 saturated heterocycles. The summed E-state index contributed by atoms with van der Waals surface area (Å²) in [5, 5.41) is 14.6. The molecule has 0 saturated carbocycles. The van der Waals surface area contributed by atoms with Crippen LogP contribution in [-0.4, -0.2) is 25.8 Å². The van der Waals surface area contributed by atoms with Crippen LogP contribution in [0.5, 0.6) is 0 Å². The van der Waals surface area contributed by atoms with E-state index in [1.807, 2.05) is 6.07 Å². The van der Waals surface area contributed by atoms with Crippen LogP contribution < -0.4 is 10.6 Å². The van der Waals surface area contributed by atoms with E-state index in [0.717, 1.165) is 25.9 Å². The average molecular weight is 259 g/mol. The van der Waals surface area contributed by atoms with Crippen LogP contribution in [0.3, 0.4) is 0 Å². The molecule has 1 unspecified atom stereocenters. The predicted molar refractivity (Wildman–Crippen MR) is 71.7 cm³/mol. The molecular formula is C14H17N3O2. The number of hydrogen-bond acceptors (Lipinski definition) is 4. The van der Waals surface area contributed by atoms with Gasteiger partial charge < -0.3 is 10.1 Å². The molecule has 1 aliphatic heterocycles. The molecule has 5 heteroatoms. The number of piperidine rings is 1. The number of amides is 1. The smallest absolute Gasteiger partial charge is 0.411 e. The van der Waals surface area contributed by atoms with Gasteiger partial charge in [0, 0.05) is 18.2 Å². The molecule has 0 aliphatic carbocycles. The Balaban J connectivity index is 1.75. The first-order chi connectivity index (χ1) is 9.28. The van der Waals surface area contributed by atoms with Crippen molar-refractivity contribution in [2.75, 3.05) is 25.0 Å². The van der Waals surface area contributed by atoms with Crippen LogP contribution in [0, 0.1) is 17.2 Å². The van der Waals surface area contributed by atoms with Gasteiger partial charge in [0.15, 0.2) is 0 Å². The van der Waals surface area contributed by atoms with Crippen molar-refractivity contribution in [3.05, 3.63) is 29.8 Å². The highest BCUT2D eigenvalue weighted by Gasteiger charge is 2.15. The highest BCUT2D eigenvalue weighted by Crippen LogP contribution is 2.12. The highest BCUT2D eigenvalue weighted by atomic mass is 16.5. The Morgan fingerprint density at radius 1 is 1.47 bits per heavy atom. The van der Waals surface area contributed by atoms with E-state index in [9.17, 15) is 4.79 Å². The Hall–Kier alpha value is -2.06. The molecule has 0 spiro atoms. The van der Waals surface area contributed by atoms with Crippen molar-refractivity contribution in [2.45, 2.75) is 12.8 Å². The number of benzene rings is 1. The van der Waals surface area contributed by atoms with Gasteiger partial charge in [0.2, 0.25) is 0 Å². The molecule has 100 valence electrons. The summed E-state index contributed by atoms with van der Waals surface area (Å²) in [6.45, 7) is 2.40. The molecule has 0 aromatic heterocycles. The van der Waals surface area contributed by atoms with Crippen LogP contribution in [-0.2, 0) is 4.74 Å². The van der Waals surface area contributed by atoms with Crippen molar-refractivity contribution < 1.29 is 9.53 Å². The number of anilines is 1. The van der Waals surface area contributed by atoms with Gasteiger partial charge in [-0.2, -0.15) is 5.26 Å². The van der Waals surface area contributed by atoms with Gasteiger partial charge in [0.05, 0.1) is 18.2 Å². The lowest BCUT2D eigenvalue weighted by atomic mass is 10.0. The van der Waals surface area contributed by atoms with Crippen LogP contribution in [0.2, 0.25) is 0 Å². The first kappa shape index (κ1) is 13.4. The maximum atomic E-state index is 11.6. The molecule has 2 rings (SSSR count). The molecule has 1 atom stereocenters. The third kappa shape index (κ3) is 4.27. The number of nitrogens with zero attached hydrogens (tertiary/aromatic N) is 1. The summed E-state index contributed by atoms with van der Waals surface area (Å²) in [5.74, 6) is 0.403. The summed E-state index contributed by atoms with van der Waals surface area (Å²) in [4.78, 5) is 11.6. The number of hydrogen-bond donors (Lipinski definition) is 2. The van der Waals surface area contributed by atoms with Gasteiger partial charge in [-0.25, -0.2) is 4.79 Å². The summed E-state index contributed by atoms with van der Waals surface area (Å²) in [5.41, 5.74) is 1.19. The minimum Gasteiger partial charge on any atom is -0.449 e. The normalized spacial score (nSPS) is 18.4. The molecule has 1 aromatic carbocycles. The lowest BCUT2D eigenvalue weighted by Gasteiger charge is -2.22. The van der Waals surface area contributed by atoms with Crippen molar-refractivity contribution in [1.29, 1.82) is 5.26 Å². The Kier molecular flexibility index (Phi) is 4.76. The van der Waals surface area contributed by atoms with Gasteiger partial charge in [-0.3, -0.25) is 5.32 Å². The number of carbonyl (C=O) groups is 1. The number of nitrogens with one attached hydrogen (secondary N) is 2. The third-order valence-corrected chi connectivity index (χ3v) is 3.11. The molecule has 5 nitrogen and oxygen atoms in total. The summed E-state index contributed by atoms with van der Waals surface area (Å²) < 4.78 is 5.19. The molecule has 19 heavy (non-hydrogen) atoms. The fraction of sp³-hybridized carbons (Fsp3) is 0.429. The van der Waals surface area contributed by atoms with E-state index in [-0.39, 0.29) is 0 Å². The predicted octanol–water partition coefficient (Wildman–Crippen LogP) is 2.11. The van der Waals surface area contributed by atoms with Crippen LogP contribution in [0.1, 0.15) is 18.4 Å². The summed E-state index contributed by atoms with van der Waals surface area (Å²) in [6.07, 6.45) is 1.78. The topological polar surface area (TPSA) is 74.2 Å². The van der Waals surface area contributed by atoms with Crippen molar-refractivity contribution in [2.24, 2.45) is 5.92 Å². The van der Waals surface area contributed by atoms with E-state index in [4.69, 9.17) is 10.00 Å². The fourth-order valence-electron chi connectivity index (χ4n) is 2.04. The van der Waals surface area contributed by atoms with Crippen LogP contribution in [0.4, 0.5) is 10.5 Å². The number of ether oxygens (including phenoxy) is 1. The van der Waals surface area contributed by atoms with Crippen molar-refractivity contribution in [3.63, 3.8) is 0 Å². The van der Waals surface area contributed by atoms with E-state index in [0.29, 0.717) is 23.8 Å². The quantitative estimate of drug-likeness (QED) is 0.871. The maximum Gasteiger partial charge on any atom is 0.411 e. The monoisotopic (exact) mass is 259 g/mol. The van der Waals surface area contributed by atoms with Gasteiger partial charge in [-0.15, -0.1) is 0 Å². The van der Waals surface area contributed by atoms with Crippen LogP contribution in [0.25, 0.3) is 0 Å². The van der Waals surface area contributed by atoms with E-state index in [1.54, 1.807) is 24.3 Å². The standard InChI is InChI=1S/C14H17N3O2/c15-8-11-3-5-13(6-4-11)17-14(18)19-10-12-2-1-7-16-9-12/h3-6,12,16H,1-2,7,9-10H2,(H,17,18). The minimum absolute atomic E-state index is 0.403. The van der Waals surface area contributed by atoms with Crippen molar-refractivity contribution in [1.82, 2.24) is 5.32 Å². The molecule has 0 radical (unpaired) electrons. The molecule has 2 N–H and O–H groups in total. The number of rotatable bonds is 3. The van der Waals surface area contributed by atoms with E-state index < -0.39 is 6.09 Å². The SMILES string of the molecule is N#Cc1ccc(NC(=O)OCC2CCCNC2)cc1. The van der Waals surface area contributed by atoms with Gasteiger partial charge in [0.25, 0.3) is 0 Å². The Morgan fingerprint density at radius 3 is 2.89 bits per heavy atom. The molecule has 1 aromatic rings. The van der Waals surface area contributed by atoms with Crippen molar-refractivity contribution >= 4 is 11.8 Å². The first-order valence-electron chi connectivity index (χ1n) is 6.42. The lowest BCUT2D eigenvalue weighted by molar-refractivity contribution is 0.132. The van der Waals surface area contributed by atoms with Crippen LogP contribution >= 0.6 is 0 Å². The molecule has 0 bridgehead atoms. The van der Waals surface area contributed by atoms with E-state index in [2.05, 4.69) is 10.6 Å². The van der Waals surface area contributed by atoms with Gasteiger partial charge in [-0.1, -0.05) is 0 Å². The van der Waals surface area contributed by atoms with E-state index >= 15 is 0 Å². The van der Waals surface area contributed by atoms with Gasteiger partial charge in [-0.05, 0) is 43.7 Å². The Labute approximate surface area is 112 Å². The molecule has 1 heterocycles. The largest absolute Gasteiger partial charge is 0.449 e. The van der Waals surface area contributed by atoms with E-state index in [1.165, 1.54) is 0 Å². The second-order valence-corrected chi connectivity index (χ2v) is 4.62. The summed E-state index contributed by atoms with van der Waals surface area (Å²) >= 11 is 0. The third-order valence-electron chi connectivity index (χ3n) is 3.11. The first-order valence-corrected chi connectivity index (χ1v) is 6.42. The molecule has 1 aliphatic rings. The molecule has 1 amide bonds. The summed E-state index contributed by atoms with van der Waals surface area (Å²) in [7, 11) is 0. The minimum atomic E-state index is -0.449. The van der Waals surface area contributed by atoms with Gasteiger partial charge >= 0.3 is 6.09 Å². The lowest BCUT2D eigenvalue weighted by Crippen LogP contribution is -2.33. The zero-order valence-electron chi connectivity index (χ0n) is 10.7. The zero-order valence-corrected chi connectivity index (χ0v) is 10.7. The fourth-order valence-corrected chi connectivity index (χ4v) is 2.04. The second kappa shape index (κ2) is 6.76. The molecule has 1 fully saturated rings. The Bertz CT molecular complexity index is 459. The summed E-state index contributed by atoms with van der Waals surface area (Å²) in [6, 6.07) is 8.70. The second-order valence-electron chi connectivity index (χ2n) is 4.62. The maximum absolute atomic E-state index is 11.6.